The topological polar surface area (TPSA) is 152 Å². The highest BCUT2D eigenvalue weighted by molar-refractivity contribution is 7.91. The smallest absolute Gasteiger partial charge is 0.416 e. The second-order valence-electron chi connectivity index (χ2n) is 16.3. The van der Waals surface area contributed by atoms with Gasteiger partial charge >= 0.3 is 6.18 Å². The van der Waals surface area contributed by atoms with Crippen molar-refractivity contribution >= 4 is 44.5 Å². The van der Waals surface area contributed by atoms with E-state index in [9.17, 15) is 40.4 Å². The van der Waals surface area contributed by atoms with Crippen LogP contribution in [-0.4, -0.2) is 75.6 Å². The lowest BCUT2D eigenvalue weighted by Crippen LogP contribution is -2.58. The average Bonchev–Trinajstić information content (AvgIpc) is 3.94. The van der Waals surface area contributed by atoms with Crippen LogP contribution in [0.4, 0.5) is 23.2 Å². The number of amides is 3. The van der Waals surface area contributed by atoms with Crippen LogP contribution in [0, 0.1) is 11.7 Å². The van der Waals surface area contributed by atoms with Crippen molar-refractivity contribution in [1.29, 1.82) is 0 Å². The van der Waals surface area contributed by atoms with Gasteiger partial charge in [-0.05, 0) is 89.1 Å². The molecule has 56 heavy (non-hydrogen) atoms. The van der Waals surface area contributed by atoms with Crippen molar-refractivity contribution in [2.45, 2.75) is 132 Å². The highest BCUT2D eigenvalue weighted by Gasteiger charge is 2.63. The second kappa shape index (κ2) is 14.8. The summed E-state index contributed by atoms with van der Waals surface area (Å²) in [5.41, 5.74) is -1.47. The number of hydrogen-bond acceptors (Lipinski definition) is 8. The SMILES string of the molecule is CC(C)n1c(O[C@@H]2C[C@H]3C(=O)N[C@]4(C(=O)NS(=O)(=O)C5(C)CC5)C[C@@H]4CCCCCCC[C@H](Nc4cc(F)cc(C(F)(F)F)c4)C(=O)N3C2)nc2ccccc21. The number of aromatic nitrogens is 2. The molecule has 7 rings (SSSR count). The van der Waals surface area contributed by atoms with Gasteiger partial charge < -0.3 is 20.3 Å². The Morgan fingerprint density at radius 1 is 1.04 bits per heavy atom. The highest BCUT2D eigenvalue weighted by atomic mass is 32.2. The van der Waals surface area contributed by atoms with E-state index in [4.69, 9.17) is 4.74 Å². The van der Waals surface area contributed by atoms with Crippen molar-refractivity contribution in [2.24, 2.45) is 5.92 Å². The molecule has 3 N–H and O–H groups in total. The van der Waals surface area contributed by atoms with Gasteiger partial charge in [0, 0.05) is 18.2 Å². The summed E-state index contributed by atoms with van der Waals surface area (Å²) >= 11 is 0. The molecular weight excluding hydrogens is 757 g/mol. The van der Waals surface area contributed by atoms with Gasteiger partial charge in [0.15, 0.2) is 0 Å². The Balaban J connectivity index is 1.22. The molecule has 12 nitrogen and oxygen atoms in total. The molecule has 0 bridgehead atoms. The molecule has 3 aromatic rings. The predicted octanol–water partition coefficient (Wildman–Crippen LogP) is 6.22. The maximum Gasteiger partial charge on any atom is 0.416 e. The van der Waals surface area contributed by atoms with Gasteiger partial charge in [0.25, 0.3) is 11.9 Å². The number of hydrogen-bond donors (Lipinski definition) is 3. The summed E-state index contributed by atoms with van der Waals surface area (Å²) in [4.78, 5) is 49.0. The molecule has 0 spiro atoms. The lowest BCUT2D eigenvalue weighted by atomic mass is 10.0. The fourth-order valence-electron chi connectivity index (χ4n) is 8.14. The Morgan fingerprint density at radius 3 is 2.43 bits per heavy atom. The molecule has 3 amide bonds. The van der Waals surface area contributed by atoms with E-state index in [1.165, 1.54) is 4.90 Å². The summed E-state index contributed by atoms with van der Waals surface area (Å²) in [5, 5.41) is 5.72. The Morgan fingerprint density at radius 2 is 1.73 bits per heavy atom. The number of carbonyl (C=O) groups excluding carboxylic acids is 3. The van der Waals surface area contributed by atoms with Crippen LogP contribution >= 0.6 is 0 Å². The number of sulfonamides is 1. The first kappa shape index (κ1) is 39.8. The maximum atomic E-state index is 14.6. The molecule has 3 heterocycles. The number of anilines is 1. The van der Waals surface area contributed by atoms with E-state index in [1.54, 1.807) is 6.92 Å². The molecule has 0 radical (unpaired) electrons. The Labute approximate surface area is 323 Å². The zero-order valence-corrected chi connectivity index (χ0v) is 32.4. The van der Waals surface area contributed by atoms with Crippen molar-refractivity contribution in [3.8, 4) is 6.01 Å². The molecule has 4 fully saturated rings. The molecule has 2 aliphatic heterocycles. The molecule has 304 valence electrons. The van der Waals surface area contributed by atoms with E-state index >= 15 is 0 Å². The number of rotatable bonds is 8. The second-order valence-corrected chi connectivity index (χ2v) is 18.5. The lowest BCUT2D eigenvalue weighted by Gasteiger charge is -2.30. The summed E-state index contributed by atoms with van der Waals surface area (Å²) in [7, 11) is -4.02. The monoisotopic (exact) mass is 804 g/mol. The number of benzene rings is 2. The van der Waals surface area contributed by atoms with Crippen LogP contribution in [-0.2, 0) is 30.6 Å². The first-order valence-electron chi connectivity index (χ1n) is 19.4. The van der Waals surface area contributed by atoms with Crippen LogP contribution in [0.15, 0.2) is 42.5 Å². The van der Waals surface area contributed by atoms with Gasteiger partial charge in [-0.1, -0.05) is 44.2 Å². The van der Waals surface area contributed by atoms with Crippen molar-refractivity contribution in [3.05, 3.63) is 53.8 Å². The molecule has 5 atom stereocenters. The van der Waals surface area contributed by atoms with Gasteiger partial charge in [-0.15, -0.1) is 0 Å². The van der Waals surface area contributed by atoms with Gasteiger partial charge in [0.05, 0.1) is 27.9 Å². The van der Waals surface area contributed by atoms with Gasteiger partial charge in [-0.3, -0.25) is 23.7 Å². The first-order chi connectivity index (χ1) is 26.4. The largest absolute Gasteiger partial charge is 0.459 e. The third kappa shape index (κ3) is 7.92. The molecule has 0 unspecified atom stereocenters. The minimum Gasteiger partial charge on any atom is -0.459 e. The summed E-state index contributed by atoms with van der Waals surface area (Å²) < 4.78 is 91.4. The molecule has 2 saturated heterocycles. The van der Waals surface area contributed by atoms with Gasteiger partial charge in [-0.25, -0.2) is 12.8 Å². The minimum atomic E-state index is -4.84. The van der Waals surface area contributed by atoms with Gasteiger partial charge in [0.1, 0.15) is 29.5 Å². The van der Waals surface area contributed by atoms with E-state index in [0.717, 1.165) is 30.5 Å². The third-order valence-electron chi connectivity index (χ3n) is 11.8. The lowest BCUT2D eigenvalue weighted by molar-refractivity contribution is -0.140. The summed E-state index contributed by atoms with van der Waals surface area (Å²) in [6.07, 6.45) is -0.381. The average molecular weight is 805 g/mol. The molecule has 2 aliphatic carbocycles. The quantitative estimate of drug-likeness (QED) is 0.227. The molecule has 1 aromatic heterocycles. The normalized spacial score (nSPS) is 27.1. The molecule has 2 saturated carbocycles. The molecular formula is C39H48F4N6O6S. The van der Waals surface area contributed by atoms with E-state index in [2.05, 4.69) is 20.3 Å². The number of halogens is 4. The van der Waals surface area contributed by atoms with Crippen LogP contribution in [0.1, 0.15) is 103 Å². The highest BCUT2D eigenvalue weighted by Crippen LogP contribution is 2.49. The van der Waals surface area contributed by atoms with Crippen LogP contribution < -0.4 is 20.1 Å². The number of alkyl halides is 3. The number of para-hydroxylation sites is 2. The van der Waals surface area contributed by atoms with Gasteiger partial charge in [-0.2, -0.15) is 18.2 Å². The number of imidazole rings is 1. The van der Waals surface area contributed by atoms with Gasteiger partial charge in [0.2, 0.25) is 21.8 Å². The molecule has 2 aromatic carbocycles. The van der Waals surface area contributed by atoms with Crippen LogP contribution in [0.2, 0.25) is 0 Å². The zero-order valence-electron chi connectivity index (χ0n) is 31.6. The first-order valence-corrected chi connectivity index (χ1v) is 20.9. The van der Waals surface area contributed by atoms with E-state index in [1.807, 2.05) is 42.7 Å². The number of carbonyl (C=O) groups is 3. The number of ether oxygens (including phenoxy) is 1. The predicted molar refractivity (Wildman–Crippen MR) is 199 cm³/mol. The Kier molecular flexibility index (Phi) is 10.5. The fraction of sp³-hybridized carbons (Fsp3) is 0.590. The van der Waals surface area contributed by atoms with Crippen molar-refractivity contribution in [3.63, 3.8) is 0 Å². The number of fused-ring (bicyclic) bond motifs is 3. The summed E-state index contributed by atoms with van der Waals surface area (Å²) in [5.74, 6) is -3.57. The summed E-state index contributed by atoms with van der Waals surface area (Å²) in [6, 6.07) is 7.31. The van der Waals surface area contributed by atoms with Crippen LogP contribution in [0.3, 0.4) is 0 Å². The molecule has 4 aliphatic rings. The fourth-order valence-corrected chi connectivity index (χ4v) is 9.46. The van der Waals surface area contributed by atoms with E-state index < -0.39 is 73.8 Å². The zero-order chi connectivity index (χ0) is 40.2. The third-order valence-corrected chi connectivity index (χ3v) is 14.0. The van der Waals surface area contributed by atoms with Crippen LogP contribution in [0.25, 0.3) is 11.0 Å². The van der Waals surface area contributed by atoms with E-state index in [0.29, 0.717) is 50.1 Å². The minimum absolute atomic E-state index is 0.0253. The Hall–Kier alpha value is -4.41. The Bertz CT molecular complexity index is 2120. The van der Waals surface area contributed by atoms with Crippen molar-refractivity contribution in [2.75, 3.05) is 11.9 Å². The van der Waals surface area contributed by atoms with E-state index in [-0.39, 0.29) is 49.5 Å². The number of nitrogens with one attached hydrogen (secondary N) is 3. The van der Waals surface area contributed by atoms with Crippen molar-refractivity contribution in [1.82, 2.24) is 24.5 Å². The number of nitrogens with zero attached hydrogens (tertiary/aromatic N) is 3. The van der Waals surface area contributed by atoms with Crippen LogP contribution in [0.5, 0.6) is 6.01 Å². The van der Waals surface area contributed by atoms with Crippen molar-refractivity contribution < 1.29 is 45.1 Å². The summed E-state index contributed by atoms with van der Waals surface area (Å²) in [6.45, 7) is 5.38. The standard InChI is InChI=1S/C39H48F4N6O6S/c1-23(2)49-31-14-10-9-12-29(31)45-36(49)55-28-20-32-33(50)46-38(35(52)47-56(53,54)37(3)15-16-37)21-24(38)11-7-5-4-6-8-13-30(34(51)48(32)22-28)44-27-18-25(39(41,42)43)17-26(40)19-27/h9-10,12,14,17-19,23-24,28,30,32,44H,4-8,11,13,15-16,20-22H2,1-3H3,(H,46,50)(H,47,52)/t24-,28+,30-,32-,38+/m0/s1. The maximum absolute atomic E-state index is 14.6. The molecule has 17 heteroatoms.